The zero-order valence-electron chi connectivity index (χ0n) is 28.6. The van der Waals surface area contributed by atoms with Gasteiger partial charge in [-0.25, -0.2) is 4.79 Å². The number of aromatic amines is 2. The number of carbonyl (C=O) groups excluding carboxylic acids is 1. The second-order valence-corrected chi connectivity index (χ2v) is 11.3. The van der Waals surface area contributed by atoms with Gasteiger partial charge in [-0.2, -0.15) is 25.2 Å². The lowest BCUT2D eigenvalue weighted by molar-refractivity contribution is -0.117. The molecule has 258 valence electrons. The van der Waals surface area contributed by atoms with Crippen molar-refractivity contribution in [3.63, 3.8) is 0 Å². The van der Waals surface area contributed by atoms with Crippen molar-refractivity contribution in [2.75, 3.05) is 73.6 Å². The number of nitrogens with one attached hydrogen (secondary N) is 6. The Labute approximate surface area is 281 Å². The van der Waals surface area contributed by atoms with Gasteiger partial charge in [0.2, 0.25) is 17.8 Å². The number of H-pyrrole nitrogens is 2. The van der Waals surface area contributed by atoms with E-state index < -0.39 is 6.17 Å². The van der Waals surface area contributed by atoms with Gasteiger partial charge in [0.25, 0.3) is 0 Å². The van der Waals surface area contributed by atoms with Crippen LogP contribution in [0.15, 0.2) is 57.5 Å². The standard InChI is InChI=1S/C33H49N13O2/c1-6-45(7-2)20-10-18-34-30-40-31(35-19-11-21-46(8-3)9-4)42-32(41-30)37-24-12-14-25(15-13-24)43-44-29(23(5)47)36-26-16-17-27-28(22-26)39-33(48)38-27/h12-17,22,29,36H,6-11,18-21H2,1-5H3,(H2,38,39,48)(H3,34,35,37,40,41,42). The molecule has 0 aliphatic carbocycles. The largest absolute Gasteiger partial charge is 0.356 e. The number of anilines is 5. The predicted octanol–water partition coefficient (Wildman–Crippen LogP) is 5.18. The van der Waals surface area contributed by atoms with E-state index in [9.17, 15) is 9.59 Å². The monoisotopic (exact) mass is 659 g/mol. The Morgan fingerprint density at radius 1 is 0.771 bits per heavy atom. The van der Waals surface area contributed by atoms with Crippen molar-refractivity contribution in [1.29, 1.82) is 0 Å². The number of imidazole rings is 1. The van der Waals surface area contributed by atoms with Gasteiger partial charge >= 0.3 is 5.69 Å². The fourth-order valence-electron chi connectivity index (χ4n) is 5.03. The van der Waals surface area contributed by atoms with Gasteiger partial charge in [0.1, 0.15) is 0 Å². The first-order valence-electron chi connectivity index (χ1n) is 16.8. The maximum atomic E-state index is 12.3. The first kappa shape index (κ1) is 36.0. The third kappa shape index (κ3) is 11.1. The Bertz CT molecular complexity index is 1620. The minimum Gasteiger partial charge on any atom is -0.356 e. The summed E-state index contributed by atoms with van der Waals surface area (Å²) >= 11 is 0. The highest BCUT2D eigenvalue weighted by atomic mass is 16.1. The number of rotatable bonds is 21. The lowest BCUT2D eigenvalue weighted by Gasteiger charge is -2.18. The third-order valence-electron chi connectivity index (χ3n) is 7.91. The summed E-state index contributed by atoms with van der Waals surface area (Å²) in [6, 6.07) is 12.5. The van der Waals surface area contributed by atoms with Crippen LogP contribution < -0.4 is 27.0 Å². The van der Waals surface area contributed by atoms with Crippen LogP contribution in [0.25, 0.3) is 11.0 Å². The molecule has 0 spiro atoms. The number of carbonyl (C=O) groups is 1. The quantitative estimate of drug-likeness (QED) is 0.0512. The predicted molar refractivity (Wildman–Crippen MR) is 193 cm³/mol. The number of fused-ring (bicyclic) bond motifs is 1. The van der Waals surface area contributed by atoms with Crippen molar-refractivity contribution in [3.8, 4) is 0 Å². The van der Waals surface area contributed by atoms with Gasteiger partial charge in [-0.1, -0.05) is 27.7 Å². The van der Waals surface area contributed by atoms with Crippen molar-refractivity contribution < 1.29 is 4.79 Å². The SMILES string of the molecule is CCN(CC)CCCNc1nc(NCCCN(CC)CC)nc(Nc2ccc(N=NC(Nc3ccc4[nH]c(=O)[nH]c4c3)C(C)=O)cc2)n1. The average molecular weight is 660 g/mol. The van der Waals surface area contributed by atoms with Crippen LogP contribution in [0.5, 0.6) is 0 Å². The van der Waals surface area contributed by atoms with Crippen LogP contribution in [-0.4, -0.2) is 99.0 Å². The van der Waals surface area contributed by atoms with E-state index in [1.54, 1.807) is 30.3 Å². The average Bonchev–Trinajstić information content (AvgIpc) is 3.46. The van der Waals surface area contributed by atoms with E-state index in [4.69, 9.17) is 0 Å². The van der Waals surface area contributed by atoms with Crippen molar-refractivity contribution in [2.45, 2.75) is 53.6 Å². The summed E-state index contributed by atoms with van der Waals surface area (Å²) in [7, 11) is 0. The number of azo groups is 1. The first-order chi connectivity index (χ1) is 23.3. The molecule has 0 bridgehead atoms. The minimum absolute atomic E-state index is 0.204. The molecule has 2 heterocycles. The number of aromatic nitrogens is 5. The number of benzene rings is 2. The zero-order valence-corrected chi connectivity index (χ0v) is 28.6. The summed E-state index contributed by atoms with van der Waals surface area (Å²) in [6.07, 6.45) is 1.05. The molecule has 2 aromatic carbocycles. The van der Waals surface area contributed by atoms with Gasteiger partial charge < -0.3 is 41.0 Å². The second kappa shape index (κ2) is 18.4. The van der Waals surface area contributed by atoms with E-state index in [0.29, 0.717) is 40.3 Å². The fraction of sp³-hybridized carbons (Fsp3) is 0.485. The second-order valence-electron chi connectivity index (χ2n) is 11.3. The van der Waals surface area contributed by atoms with Gasteiger partial charge in [-0.05, 0) is 101 Å². The molecule has 4 rings (SSSR count). The number of Topliss-reactive ketones (excluding diaryl/α,β-unsaturated/α-hetero) is 1. The molecule has 0 aliphatic rings. The Morgan fingerprint density at radius 3 is 1.88 bits per heavy atom. The third-order valence-corrected chi connectivity index (χ3v) is 7.91. The Balaban J connectivity index is 1.40. The Hall–Kier alpha value is -4.89. The molecule has 0 saturated carbocycles. The minimum atomic E-state index is -0.896. The smallest absolute Gasteiger partial charge is 0.323 e. The molecule has 1 unspecified atom stereocenters. The van der Waals surface area contributed by atoms with E-state index in [-0.39, 0.29) is 11.5 Å². The number of ketones is 1. The van der Waals surface area contributed by atoms with Crippen molar-refractivity contribution in [2.24, 2.45) is 10.2 Å². The number of nitrogens with zero attached hydrogens (tertiary/aromatic N) is 7. The van der Waals surface area contributed by atoms with Gasteiger partial charge in [-0.15, -0.1) is 0 Å². The molecule has 6 N–H and O–H groups in total. The molecule has 2 aromatic heterocycles. The molecule has 48 heavy (non-hydrogen) atoms. The molecule has 15 nitrogen and oxygen atoms in total. The van der Waals surface area contributed by atoms with Crippen molar-refractivity contribution >= 4 is 51.7 Å². The van der Waals surface area contributed by atoms with E-state index >= 15 is 0 Å². The summed E-state index contributed by atoms with van der Waals surface area (Å²) in [6.45, 7) is 17.8. The van der Waals surface area contributed by atoms with E-state index in [1.807, 2.05) is 12.1 Å². The molecule has 0 radical (unpaired) electrons. The highest BCUT2D eigenvalue weighted by Gasteiger charge is 2.14. The van der Waals surface area contributed by atoms with Gasteiger partial charge in [0, 0.05) is 24.5 Å². The van der Waals surface area contributed by atoms with Gasteiger partial charge in [0.05, 0.1) is 16.7 Å². The van der Waals surface area contributed by atoms with Crippen LogP contribution in [0.2, 0.25) is 0 Å². The van der Waals surface area contributed by atoms with Crippen LogP contribution >= 0.6 is 0 Å². The number of hydrogen-bond donors (Lipinski definition) is 6. The molecule has 0 aliphatic heterocycles. The van der Waals surface area contributed by atoms with E-state index in [0.717, 1.165) is 70.9 Å². The zero-order chi connectivity index (χ0) is 34.3. The highest BCUT2D eigenvalue weighted by molar-refractivity contribution is 5.85. The summed E-state index contributed by atoms with van der Waals surface area (Å²) < 4.78 is 0. The summed E-state index contributed by atoms with van der Waals surface area (Å²) in [5, 5.41) is 21.6. The lowest BCUT2D eigenvalue weighted by atomic mass is 10.2. The van der Waals surface area contributed by atoms with E-state index in [1.165, 1.54) is 6.92 Å². The van der Waals surface area contributed by atoms with Crippen molar-refractivity contribution in [1.82, 2.24) is 34.7 Å². The summed E-state index contributed by atoms with van der Waals surface area (Å²) in [4.78, 5) is 47.9. The van der Waals surface area contributed by atoms with Crippen LogP contribution in [0, 0.1) is 0 Å². The Morgan fingerprint density at radius 2 is 1.31 bits per heavy atom. The van der Waals surface area contributed by atoms with Gasteiger partial charge in [-0.3, -0.25) is 4.79 Å². The maximum absolute atomic E-state index is 12.3. The van der Waals surface area contributed by atoms with Crippen LogP contribution in [0.3, 0.4) is 0 Å². The summed E-state index contributed by atoms with van der Waals surface area (Å²) in [5.41, 5.74) is 2.96. The molecule has 15 heteroatoms. The van der Waals surface area contributed by atoms with Crippen LogP contribution in [-0.2, 0) is 4.79 Å². The topological polar surface area (TPSA) is 184 Å². The lowest BCUT2D eigenvalue weighted by Crippen LogP contribution is -2.26. The molecular weight excluding hydrogens is 610 g/mol. The number of hydrogen-bond acceptors (Lipinski definition) is 13. The molecular formula is C33H49N13O2. The van der Waals surface area contributed by atoms with E-state index in [2.05, 4.69) is 93.9 Å². The highest BCUT2D eigenvalue weighted by Crippen LogP contribution is 2.22. The van der Waals surface area contributed by atoms with Crippen LogP contribution in [0.4, 0.5) is 34.9 Å². The molecule has 1 atom stereocenters. The molecule has 0 fully saturated rings. The first-order valence-corrected chi connectivity index (χ1v) is 16.8. The molecule has 0 saturated heterocycles. The maximum Gasteiger partial charge on any atom is 0.323 e. The fourth-order valence-corrected chi connectivity index (χ4v) is 5.03. The van der Waals surface area contributed by atoms with Gasteiger partial charge in [0.15, 0.2) is 11.9 Å². The summed E-state index contributed by atoms with van der Waals surface area (Å²) in [5.74, 6) is 1.23. The van der Waals surface area contributed by atoms with Crippen LogP contribution in [0.1, 0.15) is 47.5 Å². The molecule has 0 amide bonds. The Kier molecular flexibility index (Phi) is 13.8. The van der Waals surface area contributed by atoms with Crippen molar-refractivity contribution in [3.05, 3.63) is 52.9 Å². The normalized spacial score (nSPS) is 12.2. The molecule has 4 aromatic rings.